The first-order chi connectivity index (χ1) is 7.29. The van der Waals surface area contributed by atoms with E-state index in [0.29, 0.717) is 18.1 Å². The zero-order chi connectivity index (χ0) is 10.7. The summed E-state index contributed by atoms with van der Waals surface area (Å²) in [4.78, 5) is 11.9. The third-order valence-electron chi connectivity index (χ3n) is 3.31. The molecule has 2 rings (SSSR count). The predicted molar refractivity (Wildman–Crippen MR) is 64.8 cm³/mol. The van der Waals surface area contributed by atoms with Crippen LogP contribution in [-0.2, 0) is 4.79 Å². The molecule has 1 nitrogen and oxygen atoms in total. The van der Waals surface area contributed by atoms with E-state index in [4.69, 9.17) is 0 Å². The van der Waals surface area contributed by atoms with E-state index in [9.17, 15) is 4.79 Å². The number of rotatable bonds is 2. The highest BCUT2D eigenvalue weighted by Gasteiger charge is 2.37. The molecule has 2 saturated heterocycles. The molecule has 0 saturated carbocycles. The highest BCUT2D eigenvalue weighted by molar-refractivity contribution is 8.00. The van der Waals surface area contributed by atoms with Crippen LogP contribution in [0.25, 0.3) is 0 Å². The van der Waals surface area contributed by atoms with Gasteiger partial charge in [0.25, 0.3) is 0 Å². The summed E-state index contributed by atoms with van der Waals surface area (Å²) in [5.74, 6) is 6.68. The van der Waals surface area contributed by atoms with Gasteiger partial charge < -0.3 is 0 Å². The minimum Gasteiger partial charge on any atom is -0.298 e. The molecule has 2 fully saturated rings. The van der Waals surface area contributed by atoms with Gasteiger partial charge >= 0.3 is 0 Å². The number of hydrogen-bond donors (Lipinski definition) is 0. The van der Waals surface area contributed by atoms with Gasteiger partial charge in [-0.25, -0.2) is 0 Å². The van der Waals surface area contributed by atoms with Crippen LogP contribution in [0.5, 0.6) is 0 Å². The highest BCUT2D eigenvalue weighted by atomic mass is 32.2. The lowest BCUT2D eigenvalue weighted by Gasteiger charge is -2.25. The molecule has 0 spiro atoms. The molecule has 2 atom stereocenters. The largest absolute Gasteiger partial charge is 0.298 e. The molecular weight excluding hydrogens is 204 g/mol. The van der Waals surface area contributed by atoms with Gasteiger partial charge in [0.15, 0.2) is 0 Å². The third-order valence-corrected chi connectivity index (χ3v) is 4.94. The quantitative estimate of drug-likeness (QED) is 0.668. The predicted octanol–water partition coefficient (Wildman–Crippen LogP) is 3.03. The Morgan fingerprint density at radius 2 is 1.93 bits per heavy atom. The van der Waals surface area contributed by atoms with E-state index in [1.807, 2.05) is 6.92 Å². The van der Waals surface area contributed by atoms with Gasteiger partial charge in [0.1, 0.15) is 5.78 Å². The Balaban J connectivity index is 1.86. The molecule has 0 amide bonds. The topological polar surface area (TPSA) is 17.1 Å². The number of fused-ring (bicyclic) bond motifs is 2. The fourth-order valence-electron chi connectivity index (χ4n) is 2.54. The Kier molecular flexibility index (Phi) is 3.75. The van der Waals surface area contributed by atoms with Crippen LogP contribution in [0, 0.1) is 17.8 Å². The molecule has 2 unspecified atom stereocenters. The maximum atomic E-state index is 11.9. The summed E-state index contributed by atoms with van der Waals surface area (Å²) >= 11 is 2.11. The molecule has 0 aromatic carbocycles. The van der Waals surface area contributed by atoms with Crippen LogP contribution in [0.2, 0.25) is 0 Å². The Labute approximate surface area is 96.4 Å². The van der Waals surface area contributed by atoms with Gasteiger partial charge in [0.05, 0.1) is 6.42 Å². The fourth-order valence-corrected chi connectivity index (χ4v) is 4.32. The number of carbonyl (C=O) groups excluding carboxylic acids is 1. The zero-order valence-electron chi connectivity index (χ0n) is 9.29. The molecule has 2 aliphatic rings. The van der Waals surface area contributed by atoms with E-state index >= 15 is 0 Å². The summed E-state index contributed by atoms with van der Waals surface area (Å²) in [5.41, 5.74) is 0. The normalized spacial score (nSPS) is 33.3. The van der Waals surface area contributed by atoms with Gasteiger partial charge in [-0.2, -0.15) is 11.8 Å². The van der Waals surface area contributed by atoms with Crippen LogP contribution in [0.4, 0.5) is 0 Å². The second kappa shape index (κ2) is 5.07. The summed E-state index contributed by atoms with van der Waals surface area (Å²) in [6, 6.07) is 0. The van der Waals surface area contributed by atoms with Crippen molar-refractivity contribution in [1.29, 1.82) is 0 Å². The van der Waals surface area contributed by atoms with Gasteiger partial charge in [0, 0.05) is 22.8 Å². The number of Topliss-reactive ketones (excluding diaryl/α,β-unsaturated/α-hetero) is 1. The summed E-state index contributed by atoms with van der Waals surface area (Å²) in [6.07, 6.45) is 6.25. The Hall–Kier alpha value is -0.420. The van der Waals surface area contributed by atoms with E-state index in [-0.39, 0.29) is 0 Å². The monoisotopic (exact) mass is 222 g/mol. The smallest absolute Gasteiger partial charge is 0.147 e. The van der Waals surface area contributed by atoms with E-state index in [1.165, 1.54) is 12.8 Å². The molecule has 0 aromatic heterocycles. The van der Waals surface area contributed by atoms with Crippen molar-refractivity contribution >= 4 is 17.5 Å². The van der Waals surface area contributed by atoms with Crippen molar-refractivity contribution in [1.82, 2.24) is 0 Å². The van der Waals surface area contributed by atoms with E-state index in [2.05, 4.69) is 23.6 Å². The molecule has 15 heavy (non-hydrogen) atoms. The lowest BCUT2D eigenvalue weighted by atomic mass is 9.93. The average Bonchev–Trinajstić information content (AvgIpc) is 2.58. The highest BCUT2D eigenvalue weighted by Crippen LogP contribution is 2.46. The minimum absolute atomic E-state index is 0.329. The van der Waals surface area contributed by atoms with E-state index in [1.54, 1.807) is 0 Å². The van der Waals surface area contributed by atoms with Crippen molar-refractivity contribution in [3.63, 3.8) is 0 Å². The molecular formula is C13H18OS. The van der Waals surface area contributed by atoms with Crippen molar-refractivity contribution < 1.29 is 4.79 Å². The molecule has 2 bridgehead atoms. The third kappa shape index (κ3) is 2.78. The lowest BCUT2D eigenvalue weighted by Crippen LogP contribution is -2.24. The van der Waals surface area contributed by atoms with Crippen molar-refractivity contribution in [2.75, 3.05) is 0 Å². The zero-order valence-corrected chi connectivity index (χ0v) is 10.1. The first-order valence-corrected chi connectivity index (χ1v) is 6.87. The van der Waals surface area contributed by atoms with Crippen molar-refractivity contribution in [3.8, 4) is 11.8 Å². The summed E-state index contributed by atoms with van der Waals surface area (Å²) < 4.78 is 0. The van der Waals surface area contributed by atoms with E-state index in [0.717, 1.165) is 29.8 Å². The molecule has 0 aromatic rings. The summed E-state index contributed by atoms with van der Waals surface area (Å²) in [5, 5.41) is 1.55. The molecule has 82 valence electrons. The molecule has 2 heteroatoms. The molecule has 0 N–H and O–H groups in total. The van der Waals surface area contributed by atoms with Crippen molar-refractivity contribution in [2.45, 2.75) is 55.9 Å². The van der Waals surface area contributed by atoms with Crippen LogP contribution in [-0.4, -0.2) is 16.3 Å². The standard InChI is InChI=1S/C13H18OS/c1-2-3-4-5-13(14)10-8-11-6-7-12(9-10)15-11/h10-12H,2,5-9H2,1H3. The van der Waals surface area contributed by atoms with Crippen LogP contribution in [0.3, 0.4) is 0 Å². The van der Waals surface area contributed by atoms with E-state index < -0.39 is 0 Å². The van der Waals surface area contributed by atoms with Gasteiger partial charge in [-0.15, -0.1) is 5.92 Å². The summed E-state index contributed by atoms with van der Waals surface area (Å²) in [6.45, 7) is 2.02. The molecule has 0 radical (unpaired) electrons. The van der Waals surface area contributed by atoms with Gasteiger partial charge in [-0.3, -0.25) is 4.79 Å². The van der Waals surface area contributed by atoms with Crippen LogP contribution in [0.1, 0.15) is 45.4 Å². The minimum atomic E-state index is 0.329. The first-order valence-electron chi connectivity index (χ1n) is 5.93. The first kappa shape index (κ1) is 11.1. The number of ketones is 1. The SMILES string of the molecule is CCC#CCC(=O)C1CC2CCC(C1)S2. The number of thioether (sulfide) groups is 1. The second-order valence-corrected chi connectivity index (χ2v) is 6.08. The molecule has 0 aliphatic carbocycles. The lowest BCUT2D eigenvalue weighted by molar-refractivity contribution is -0.122. The number of hydrogen-bond acceptors (Lipinski definition) is 2. The summed E-state index contributed by atoms with van der Waals surface area (Å²) in [7, 11) is 0. The Morgan fingerprint density at radius 3 is 2.53 bits per heavy atom. The Bertz CT molecular complexity index is 287. The second-order valence-electron chi connectivity index (χ2n) is 4.48. The fraction of sp³-hybridized carbons (Fsp3) is 0.769. The molecule has 2 heterocycles. The Morgan fingerprint density at radius 1 is 1.27 bits per heavy atom. The van der Waals surface area contributed by atoms with Gasteiger partial charge in [0.2, 0.25) is 0 Å². The maximum Gasteiger partial charge on any atom is 0.147 e. The van der Waals surface area contributed by atoms with Gasteiger partial charge in [-0.1, -0.05) is 12.8 Å². The van der Waals surface area contributed by atoms with Crippen molar-refractivity contribution in [3.05, 3.63) is 0 Å². The van der Waals surface area contributed by atoms with Gasteiger partial charge in [-0.05, 0) is 25.7 Å². The molecule has 2 aliphatic heterocycles. The van der Waals surface area contributed by atoms with Crippen LogP contribution < -0.4 is 0 Å². The maximum absolute atomic E-state index is 11.9. The average molecular weight is 222 g/mol. The number of carbonyl (C=O) groups is 1. The van der Waals surface area contributed by atoms with Crippen molar-refractivity contribution in [2.24, 2.45) is 5.92 Å². The van der Waals surface area contributed by atoms with Crippen LogP contribution >= 0.6 is 11.8 Å². The van der Waals surface area contributed by atoms with Crippen LogP contribution in [0.15, 0.2) is 0 Å².